The maximum atomic E-state index is 11.9. The molecule has 18 heavy (non-hydrogen) atoms. The van der Waals surface area contributed by atoms with E-state index in [-0.39, 0.29) is 5.91 Å². The van der Waals surface area contributed by atoms with Crippen molar-refractivity contribution in [2.45, 2.75) is 0 Å². The molecule has 1 aliphatic rings. The Morgan fingerprint density at radius 1 is 1.00 bits per heavy atom. The smallest absolute Gasteiger partial charge is 0.256 e. The fraction of sp³-hybridized carbons (Fsp3) is 0. The summed E-state index contributed by atoms with van der Waals surface area (Å²) in [5, 5.41) is 3.41. The van der Waals surface area contributed by atoms with Crippen molar-refractivity contribution >= 4 is 34.8 Å². The number of halogens is 1. The Morgan fingerprint density at radius 2 is 1.78 bits per heavy atom. The molecule has 0 aromatic heterocycles. The van der Waals surface area contributed by atoms with Gasteiger partial charge in [-0.2, -0.15) is 0 Å². The SMILES string of the molecule is O=C1Nc2cccc(Cl)c2C1=Cc1ccccc1. The van der Waals surface area contributed by atoms with Crippen molar-refractivity contribution < 1.29 is 4.79 Å². The summed E-state index contributed by atoms with van der Waals surface area (Å²) < 4.78 is 0. The van der Waals surface area contributed by atoms with Gasteiger partial charge in [0.1, 0.15) is 0 Å². The fourth-order valence-electron chi connectivity index (χ4n) is 2.06. The van der Waals surface area contributed by atoms with Crippen LogP contribution in [0.25, 0.3) is 11.6 Å². The van der Waals surface area contributed by atoms with Gasteiger partial charge in [-0.15, -0.1) is 0 Å². The normalized spacial score (nSPS) is 15.6. The van der Waals surface area contributed by atoms with E-state index in [1.807, 2.05) is 48.5 Å². The maximum Gasteiger partial charge on any atom is 0.256 e. The summed E-state index contributed by atoms with van der Waals surface area (Å²) in [4.78, 5) is 11.9. The number of carbonyl (C=O) groups is 1. The summed E-state index contributed by atoms with van der Waals surface area (Å²) in [5.74, 6) is -0.109. The van der Waals surface area contributed by atoms with Crippen molar-refractivity contribution in [3.8, 4) is 0 Å². The average Bonchev–Trinajstić information content (AvgIpc) is 2.69. The van der Waals surface area contributed by atoms with Gasteiger partial charge in [0, 0.05) is 5.56 Å². The third-order valence-electron chi connectivity index (χ3n) is 2.89. The molecular formula is C15H10ClNO. The van der Waals surface area contributed by atoms with Crippen LogP contribution in [0, 0.1) is 0 Å². The lowest BCUT2D eigenvalue weighted by Gasteiger charge is -2.01. The molecule has 0 unspecified atom stereocenters. The Labute approximate surface area is 110 Å². The van der Waals surface area contributed by atoms with Gasteiger partial charge in [-0.1, -0.05) is 48.0 Å². The molecular weight excluding hydrogens is 246 g/mol. The monoisotopic (exact) mass is 255 g/mol. The molecule has 0 spiro atoms. The Bertz CT molecular complexity index is 647. The molecule has 3 rings (SSSR count). The topological polar surface area (TPSA) is 29.1 Å². The van der Waals surface area contributed by atoms with E-state index in [4.69, 9.17) is 11.6 Å². The third-order valence-corrected chi connectivity index (χ3v) is 3.20. The molecule has 1 amide bonds. The minimum Gasteiger partial charge on any atom is -0.321 e. The van der Waals surface area contributed by atoms with Gasteiger partial charge in [0.25, 0.3) is 5.91 Å². The summed E-state index contributed by atoms with van der Waals surface area (Å²) in [6.07, 6.45) is 1.85. The molecule has 0 bridgehead atoms. The second kappa shape index (κ2) is 4.31. The second-order valence-corrected chi connectivity index (χ2v) is 4.49. The zero-order chi connectivity index (χ0) is 12.5. The Balaban J connectivity index is 2.15. The Kier molecular flexibility index (Phi) is 2.65. The van der Waals surface area contributed by atoms with Gasteiger partial charge in [0.15, 0.2) is 0 Å². The third kappa shape index (κ3) is 1.81. The second-order valence-electron chi connectivity index (χ2n) is 4.09. The summed E-state index contributed by atoms with van der Waals surface area (Å²) in [7, 11) is 0. The standard InChI is InChI=1S/C15H10ClNO/c16-12-7-4-8-13-14(12)11(15(18)17-13)9-10-5-2-1-3-6-10/h1-9H,(H,17,18). The van der Waals surface area contributed by atoms with Gasteiger partial charge in [0.2, 0.25) is 0 Å². The number of benzene rings is 2. The molecule has 0 radical (unpaired) electrons. The highest BCUT2D eigenvalue weighted by molar-refractivity contribution is 6.41. The highest BCUT2D eigenvalue weighted by Crippen LogP contribution is 2.37. The first-order chi connectivity index (χ1) is 8.75. The summed E-state index contributed by atoms with van der Waals surface area (Å²) in [6.45, 7) is 0. The van der Waals surface area contributed by atoms with Crippen molar-refractivity contribution in [2.75, 3.05) is 5.32 Å². The lowest BCUT2D eigenvalue weighted by molar-refractivity contribution is -0.110. The van der Waals surface area contributed by atoms with E-state index in [1.54, 1.807) is 6.07 Å². The number of hydrogen-bond donors (Lipinski definition) is 1. The molecule has 2 nitrogen and oxygen atoms in total. The summed E-state index contributed by atoms with van der Waals surface area (Å²) >= 11 is 6.16. The largest absolute Gasteiger partial charge is 0.321 e. The number of amides is 1. The maximum absolute atomic E-state index is 11.9. The van der Waals surface area contributed by atoms with Crippen molar-refractivity contribution in [3.05, 3.63) is 64.7 Å². The minimum absolute atomic E-state index is 0.109. The molecule has 3 heteroatoms. The molecule has 0 saturated heterocycles. The van der Waals surface area contributed by atoms with Crippen LogP contribution in [0.3, 0.4) is 0 Å². The van der Waals surface area contributed by atoms with Gasteiger partial charge in [-0.25, -0.2) is 0 Å². The van der Waals surface area contributed by atoms with Crippen LogP contribution in [0.4, 0.5) is 5.69 Å². The first-order valence-electron chi connectivity index (χ1n) is 5.63. The molecule has 88 valence electrons. The predicted octanol–water partition coefficient (Wildman–Crippen LogP) is 3.83. The number of fused-ring (bicyclic) bond motifs is 1. The van der Waals surface area contributed by atoms with Crippen LogP contribution in [0.5, 0.6) is 0 Å². The summed E-state index contributed by atoms with van der Waals surface area (Å²) in [6, 6.07) is 15.2. The zero-order valence-electron chi connectivity index (χ0n) is 9.48. The molecule has 0 atom stereocenters. The van der Waals surface area contributed by atoms with Crippen LogP contribution >= 0.6 is 11.6 Å². The number of hydrogen-bond acceptors (Lipinski definition) is 1. The number of nitrogens with one attached hydrogen (secondary N) is 1. The Morgan fingerprint density at radius 3 is 2.56 bits per heavy atom. The average molecular weight is 256 g/mol. The van der Waals surface area contributed by atoms with Crippen LogP contribution < -0.4 is 5.32 Å². The van der Waals surface area contributed by atoms with E-state index < -0.39 is 0 Å². The molecule has 1 N–H and O–H groups in total. The fourth-order valence-corrected chi connectivity index (χ4v) is 2.34. The van der Waals surface area contributed by atoms with Crippen LogP contribution in [-0.2, 0) is 4.79 Å². The molecule has 0 aliphatic carbocycles. The van der Waals surface area contributed by atoms with Gasteiger partial charge in [0.05, 0.1) is 16.3 Å². The van der Waals surface area contributed by atoms with E-state index in [9.17, 15) is 4.79 Å². The van der Waals surface area contributed by atoms with E-state index in [0.29, 0.717) is 10.6 Å². The lowest BCUT2D eigenvalue weighted by Crippen LogP contribution is -2.03. The number of anilines is 1. The van der Waals surface area contributed by atoms with E-state index in [0.717, 1.165) is 16.8 Å². The van der Waals surface area contributed by atoms with Crippen LogP contribution in [0.2, 0.25) is 5.02 Å². The highest BCUT2D eigenvalue weighted by atomic mass is 35.5. The molecule has 2 aromatic carbocycles. The molecule has 2 aromatic rings. The van der Waals surface area contributed by atoms with Crippen molar-refractivity contribution in [1.82, 2.24) is 0 Å². The zero-order valence-corrected chi connectivity index (χ0v) is 10.2. The molecule has 1 heterocycles. The van der Waals surface area contributed by atoms with E-state index in [2.05, 4.69) is 5.32 Å². The molecule has 0 fully saturated rings. The van der Waals surface area contributed by atoms with E-state index >= 15 is 0 Å². The van der Waals surface area contributed by atoms with Gasteiger partial charge in [-0.05, 0) is 23.8 Å². The number of carbonyl (C=O) groups excluding carboxylic acids is 1. The first kappa shape index (κ1) is 11.1. The van der Waals surface area contributed by atoms with Crippen LogP contribution in [0.15, 0.2) is 48.5 Å². The Hall–Kier alpha value is -2.06. The van der Waals surface area contributed by atoms with Crippen molar-refractivity contribution in [1.29, 1.82) is 0 Å². The van der Waals surface area contributed by atoms with Gasteiger partial charge >= 0.3 is 0 Å². The predicted molar refractivity (Wildman–Crippen MR) is 74.4 cm³/mol. The highest BCUT2D eigenvalue weighted by Gasteiger charge is 2.25. The van der Waals surface area contributed by atoms with Crippen LogP contribution in [-0.4, -0.2) is 5.91 Å². The number of rotatable bonds is 1. The van der Waals surface area contributed by atoms with Gasteiger partial charge in [-0.3, -0.25) is 4.79 Å². The minimum atomic E-state index is -0.109. The summed E-state index contributed by atoms with van der Waals surface area (Å²) in [5.41, 5.74) is 3.15. The molecule has 0 saturated carbocycles. The molecule has 1 aliphatic heterocycles. The van der Waals surface area contributed by atoms with Gasteiger partial charge < -0.3 is 5.32 Å². The quantitative estimate of drug-likeness (QED) is 0.771. The first-order valence-corrected chi connectivity index (χ1v) is 6.00. The van der Waals surface area contributed by atoms with Crippen molar-refractivity contribution in [3.63, 3.8) is 0 Å². The lowest BCUT2D eigenvalue weighted by atomic mass is 10.0. The van der Waals surface area contributed by atoms with E-state index in [1.165, 1.54) is 0 Å². The van der Waals surface area contributed by atoms with Crippen LogP contribution in [0.1, 0.15) is 11.1 Å². The van der Waals surface area contributed by atoms with Crippen molar-refractivity contribution in [2.24, 2.45) is 0 Å².